The van der Waals surface area contributed by atoms with E-state index in [1.54, 1.807) is 14.0 Å². The van der Waals surface area contributed by atoms with Gasteiger partial charge in [0.25, 0.3) is 0 Å². The summed E-state index contributed by atoms with van der Waals surface area (Å²) in [6.07, 6.45) is 1.74. The molecule has 2 aliphatic heterocycles. The lowest BCUT2D eigenvalue weighted by atomic mass is 9.90. The number of hydrogen-bond acceptors (Lipinski definition) is 5. The van der Waals surface area contributed by atoms with Gasteiger partial charge in [0.2, 0.25) is 5.91 Å². The molecule has 6 heteroatoms. The number of methoxy groups -OCH3 is 1. The molecule has 6 nitrogen and oxygen atoms in total. The van der Waals surface area contributed by atoms with Crippen LogP contribution < -0.4 is 9.47 Å². The summed E-state index contributed by atoms with van der Waals surface area (Å²) in [6.45, 7) is 7.52. The fraction of sp³-hybridized carbons (Fsp3) is 0.480. The molecule has 2 aromatic rings. The first-order chi connectivity index (χ1) is 14.9. The molecule has 1 spiro atoms. The quantitative estimate of drug-likeness (QED) is 0.816. The number of aryl methyl sites for hydroxylation is 1. The topological polar surface area (TPSA) is 62.2 Å². The highest BCUT2D eigenvalue weighted by molar-refractivity contribution is 5.73. The second kappa shape index (κ2) is 8.89. The number of amides is 1. The summed E-state index contributed by atoms with van der Waals surface area (Å²) < 4.78 is 11.9. The van der Waals surface area contributed by atoms with Gasteiger partial charge in [-0.15, -0.1) is 0 Å². The van der Waals surface area contributed by atoms with Gasteiger partial charge in [-0.05, 0) is 30.7 Å². The van der Waals surface area contributed by atoms with Crippen LogP contribution in [0.15, 0.2) is 36.4 Å². The third-order valence-electron chi connectivity index (χ3n) is 6.52. The van der Waals surface area contributed by atoms with Gasteiger partial charge in [-0.25, -0.2) is 0 Å². The van der Waals surface area contributed by atoms with Crippen molar-refractivity contribution in [2.75, 3.05) is 26.7 Å². The minimum atomic E-state index is -0.348. The molecule has 0 bridgehead atoms. The number of hydrogen-bond donors (Lipinski definition) is 1. The molecule has 2 aliphatic rings. The number of likely N-dealkylation sites (tertiary alicyclic amines) is 1. The molecule has 1 saturated heterocycles. The third kappa shape index (κ3) is 4.70. The van der Waals surface area contributed by atoms with E-state index in [1.165, 1.54) is 5.56 Å². The Bertz CT molecular complexity index is 951. The molecule has 1 fully saturated rings. The van der Waals surface area contributed by atoms with E-state index in [9.17, 15) is 9.90 Å². The number of rotatable bonds is 4. The first-order valence-corrected chi connectivity index (χ1v) is 10.9. The van der Waals surface area contributed by atoms with Crippen LogP contribution in [-0.4, -0.2) is 53.2 Å². The molecular formula is C25H32N2O4. The van der Waals surface area contributed by atoms with Crippen molar-refractivity contribution in [3.63, 3.8) is 0 Å². The zero-order valence-electron chi connectivity index (χ0n) is 18.7. The Morgan fingerprint density at radius 1 is 1.19 bits per heavy atom. The molecule has 0 atom stereocenters. The van der Waals surface area contributed by atoms with Crippen LogP contribution in [0.4, 0.5) is 0 Å². The maximum absolute atomic E-state index is 12.3. The van der Waals surface area contributed by atoms with Crippen molar-refractivity contribution in [1.82, 2.24) is 9.80 Å². The number of carbonyl (C=O) groups excluding carboxylic acids is 1. The van der Waals surface area contributed by atoms with Crippen LogP contribution in [0.25, 0.3) is 0 Å². The number of aliphatic hydroxyl groups is 1. The zero-order chi connectivity index (χ0) is 22.0. The third-order valence-corrected chi connectivity index (χ3v) is 6.52. The number of piperidine rings is 1. The van der Waals surface area contributed by atoms with Crippen molar-refractivity contribution in [2.45, 2.75) is 52.0 Å². The Morgan fingerprint density at radius 2 is 1.97 bits per heavy atom. The SMILES string of the molecule is COc1ccc(CN2CCC3(CC2)CN(C(C)=O)Cc2cc(C)ccc2O3)cc1CO. The molecule has 1 N–H and O–H groups in total. The molecule has 4 rings (SSSR count). The van der Waals surface area contributed by atoms with Gasteiger partial charge in [-0.1, -0.05) is 23.8 Å². The van der Waals surface area contributed by atoms with Crippen LogP contribution in [0.1, 0.15) is 42.0 Å². The largest absolute Gasteiger partial charge is 0.496 e. The maximum atomic E-state index is 12.3. The normalized spacial score (nSPS) is 18.3. The number of nitrogens with zero attached hydrogens (tertiary/aromatic N) is 2. The van der Waals surface area contributed by atoms with Gasteiger partial charge < -0.3 is 19.5 Å². The Kier molecular flexibility index (Phi) is 6.21. The van der Waals surface area contributed by atoms with E-state index in [-0.39, 0.29) is 18.1 Å². The Hall–Kier alpha value is -2.57. The number of carbonyl (C=O) groups is 1. The molecular weight excluding hydrogens is 392 g/mol. The number of aliphatic hydroxyl groups excluding tert-OH is 1. The Balaban J connectivity index is 1.48. The first-order valence-electron chi connectivity index (χ1n) is 10.9. The summed E-state index contributed by atoms with van der Waals surface area (Å²) in [4.78, 5) is 16.7. The van der Waals surface area contributed by atoms with E-state index in [4.69, 9.17) is 9.47 Å². The summed E-state index contributed by atoms with van der Waals surface area (Å²) in [5, 5.41) is 9.60. The molecule has 1 amide bonds. The van der Waals surface area contributed by atoms with E-state index in [0.717, 1.165) is 54.9 Å². The molecule has 0 aromatic heterocycles. The van der Waals surface area contributed by atoms with Crippen molar-refractivity contribution in [1.29, 1.82) is 0 Å². The lowest BCUT2D eigenvalue weighted by molar-refractivity contribution is -0.132. The van der Waals surface area contributed by atoms with Crippen molar-refractivity contribution in [3.8, 4) is 11.5 Å². The second-order valence-corrected chi connectivity index (χ2v) is 8.85. The lowest BCUT2D eigenvalue weighted by Gasteiger charge is -2.42. The highest BCUT2D eigenvalue weighted by Crippen LogP contribution is 2.36. The minimum absolute atomic E-state index is 0.0340. The van der Waals surface area contributed by atoms with Gasteiger partial charge >= 0.3 is 0 Å². The summed E-state index contributed by atoms with van der Waals surface area (Å²) >= 11 is 0. The summed E-state index contributed by atoms with van der Waals surface area (Å²) in [5.41, 5.74) is 3.89. The van der Waals surface area contributed by atoms with Crippen LogP contribution in [0.3, 0.4) is 0 Å². The van der Waals surface area contributed by atoms with Gasteiger partial charge in [0.05, 0.1) is 20.3 Å². The molecule has 0 aliphatic carbocycles. The molecule has 2 aromatic carbocycles. The molecule has 0 radical (unpaired) electrons. The maximum Gasteiger partial charge on any atom is 0.219 e. The predicted molar refractivity (Wildman–Crippen MR) is 119 cm³/mol. The predicted octanol–water partition coefficient (Wildman–Crippen LogP) is 3.27. The van der Waals surface area contributed by atoms with E-state index in [0.29, 0.717) is 18.8 Å². The van der Waals surface area contributed by atoms with Gasteiger partial charge in [-0.3, -0.25) is 9.69 Å². The number of ether oxygens (including phenoxy) is 2. The van der Waals surface area contributed by atoms with Gasteiger partial charge in [-0.2, -0.15) is 0 Å². The van der Waals surface area contributed by atoms with E-state index in [2.05, 4.69) is 36.1 Å². The molecule has 0 unspecified atom stereocenters. The summed E-state index contributed by atoms with van der Waals surface area (Å²) in [6, 6.07) is 12.2. The fourth-order valence-electron chi connectivity index (χ4n) is 4.72. The van der Waals surface area contributed by atoms with Crippen LogP contribution >= 0.6 is 0 Å². The van der Waals surface area contributed by atoms with E-state index >= 15 is 0 Å². The molecule has 2 heterocycles. The average Bonchev–Trinajstić information content (AvgIpc) is 2.92. The molecule has 166 valence electrons. The van der Waals surface area contributed by atoms with Crippen LogP contribution in [0.5, 0.6) is 11.5 Å². The molecule has 31 heavy (non-hydrogen) atoms. The number of fused-ring (bicyclic) bond motifs is 1. The van der Waals surface area contributed by atoms with Crippen LogP contribution in [0.2, 0.25) is 0 Å². The second-order valence-electron chi connectivity index (χ2n) is 8.85. The molecule has 0 saturated carbocycles. The Morgan fingerprint density at radius 3 is 2.65 bits per heavy atom. The van der Waals surface area contributed by atoms with Crippen molar-refractivity contribution in [2.24, 2.45) is 0 Å². The summed E-state index contributed by atoms with van der Waals surface area (Å²) in [7, 11) is 1.62. The van der Waals surface area contributed by atoms with Crippen molar-refractivity contribution >= 4 is 5.91 Å². The zero-order valence-corrected chi connectivity index (χ0v) is 18.7. The number of benzene rings is 2. The highest BCUT2D eigenvalue weighted by Gasteiger charge is 2.41. The lowest BCUT2D eigenvalue weighted by Crippen LogP contribution is -2.53. The Labute approximate surface area is 184 Å². The summed E-state index contributed by atoms with van der Waals surface area (Å²) in [5.74, 6) is 1.72. The monoisotopic (exact) mass is 424 g/mol. The van der Waals surface area contributed by atoms with Crippen LogP contribution in [-0.2, 0) is 24.5 Å². The van der Waals surface area contributed by atoms with Crippen molar-refractivity contribution in [3.05, 3.63) is 58.7 Å². The fourth-order valence-corrected chi connectivity index (χ4v) is 4.72. The van der Waals surface area contributed by atoms with E-state index < -0.39 is 0 Å². The smallest absolute Gasteiger partial charge is 0.219 e. The average molecular weight is 425 g/mol. The highest BCUT2D eigenvalue weighted by atomic mass is 16.5. The van der Waals surface area contributed by atoms with E-state index in [1.807, 2.05) is 17.0 Å². The van der Waals surface area contributed by atoms with Gasteiger partial charge in [0.15, 0.2) is 0 Å². The standard InChI is InChI=1S/C25H32N2O4/c1-18-4-6-24-21(12-18)15-27(19(2)29)17-25(31-24)8-10-26(11-9-25)14-20-5-7-23(30-3)22(13-20)16-28/h4-7,12-13,28H,8-11,14-17H2,1-3H3. The van der Waals surface area contributed by atoms with Gasteiger partial charge in [0.1, 0.15) is 17.1 Å². The first kappa shape index (κ1) is 21.7. The van der Waals surface area contributed by atoms with Crippen molar-refractivity contribution < 1.29 is 19.4 Å². The minimum Gasteiger partial charge on any atom is -0.496 e. The van der Waals surface area contributed by atoms with Gasteiger partial charge in [0, 0.05) is 57.1 Å². The van der Waals surface area contributed by atoms with Crippen LogP contribution in [0, 0.1) is 6.92 Å².